The second-order valence-corrected chi connectivity index (χ2v) is 4.92. The van der Waals surface area contributed by atoms with Crippen LogP contribution in [0.4, 0.5) is 8.78 Å². The van der Waals surface area contributed by atoms with Crippen LogP contribution < -0.4 is 0 Å². The number of alkyl halides is 2. The molecule has 0 aromatic heterocycles. The summed E-state index contributed by atoms with van der Waals surface area (Å²) < 4.78 is 32.3. The number of ether oxygens (including phenoxy) is 1. The molecular weight excluding hydrogens is 238 g/mol. The van der Waals surface area contributed by atoms with Gasteiger partial charge >= 0.3 is 0 Å². The number of halogens is 2. The maximum atomic E-state index is 13.4. The lowest BCUT2D eigenvalue weighted by Crippen LogP contribution is -2.59. The highest BCUT2D eigenvalue weighted by atomic mass is 19.3. The molecule has 1 fully saturated rings. The van der Waals surface area contributed by atoms with Crippen LogP contribution in [-0.2, 0) is 11.3 Å². The summed E-state index contributed by atoms with van der Waals surface area (Å²) in [4.78, 5) is 0. The van der Waals surface area contributed by atoms with Crippen LogP contribution in [0, 0.1) is 0 Å². The van der Waals surface area contributed by atoms with Gasteiger partial charge in [0.15, 0.2) is 0 Å². The number of hydrogen-bond donors (Lipinski definition) is 1. The Kier molecular flexibility index (Phi) is 3.69. The van der Waals surface area contributed by atoms with Gasteiger partial charge in [-0.1, -0.05) is 37.3 Å². The van der Waals surface area contributed by atoms with Gasteiger partial charge in [-0.25, -0.2) is 8.78 Å². The smallest absolute Gasteiger partial charge is 0.276 e. The minimum atomic E-state index is -3.01. The third kappa shape index (κ3) is 2.54. The molecule has 0 unspecified atom stereocenters. The van der Waals surface area contributed by atoms with Gasteiger partial charge in [-0.3, -0.25) is 0 Å². The molecule has 0 atom stereocenters. The molecule has 0 amide bonds. The summed E-state index contributed by atoms with van der Waals surface area (Å²) in [5.41, 5.74) is -0.862. The van der Waals surface area contributed by atoms with Crippen molar-refractivity contribution in [3.63, 3.8) is 0 Å². The van der Waals surface area contributed by atoms with Crippen molar-refractivity contribution in [1.82, 2.24) is 0 Å². The number of hydrogen-bond acceptors (Lipinski definition) is 2. The standard InChI is InChI=1S/C14H18F2O2/c1-2-14(15,16)13(17)8-12(9-13)18-10-11-6-4-3-5-7-11/h3-7,12,17H,2,8-10H2,1H3. The van der Waals surface area contributed by atoms with Gasteiger partial charge in [-0.05, 0) is 5.56 Å². The van der Waals surface area contributed by atoms with E-state index in [4.69, 9.17) is 4.74 Å². The lowest BCUT2D eigenvalue weighted by molar-refractivity contribution is -0.257. The van der Waals surface area contributed by atoms with Crippen molar-refractivity contribution in [2.24, 2.45) is 0 Å². The van der Waals surface area contributed by atoms with Crippen molar-refractivity contribution in [2.45, 2.75) is 50.4 Å². The van der Waals surface area contributed by atoms with Crippen molar-refractivity contribution in [1.29, 1.82) is 0 Å². The van der Waals surface area contributed by atoms with E-state index >= 15 is 0 Å². The molecule has 1 saturated carbocycles. The van der Waals surface area contributed by atoms with Crippen LogP contribution in [0.2, 0.25) is 0 Å². The zero-order chi connectivity index (χ0) is 13.2. The number of aliphatic hydroxyl groups is 1. The third-order valence-corrected chi connectivity index (χ3v) is 3.58. The first kappa shape index (κ1) is 13.4. The van der Waals surface area contributed by atoms with Crippen molar-refractivity contribution >= 4 is 0 Å². The van der Waals surface area contributed by atoms with Gasteiger partial charge in [0.2, 0.25) is 0 Å². The monoisotopic (exact) mass is 256 g/mol. The summed E-state index contributed by atoms with van der Waals surface area (Å²) in [6, 6.07) is 9.56. The van der Waals surface area contributed by atoms with E-state index in [2.05, 4.69) is 0 Å². The Morgan fingerprint density at radius 3 is 2.50 bits per heavy atom. The Hall–Kier alpha value is -1.00. The topological polar surface area (TPSA) is 29.5 Å². The van der Waals surface area contributed by atoms with Crippen LogP contribution in [0.5, 0.6) is 0 Å². The Bertz CT molecular complexity index is 386. The van der Waals surface area contributed by atoms with E-state index in [1.807, 2.05) is 30.3 Å². The fourth-order valence-corrected chi connectivity index (χ4v) is 2.23. The van der Waals surface area contributed by atoms with E-state index in [9.17, 15) is 13.9 Å². The molecule has 1 aliphatic carbocycles. The number of benzene rings is 1. The molecular formula is C14H18F2O2. The first-order chi connectivity index (χ1) is 8.47. The molecule has 0 aliphatic heterocycles. The fraction of sp³-hybridized carbons (Fsp3) is 0.571. The van der Waals surface area contributed by atoms with E-state index in [1.54, 1.807) is 0 Å². The van der Waals surface area contributed by atoms with Crippen LogP contribution in [0.1, 0.15) is 31.7 Å². The Morgan fingerprint density at radius 2 is 1.94 bits per heavy atom. The summed E-state index contributed by atoms with van der Waals surface area (Å²) in [6.45, 7) is 1.79. The molecule has 0 radical (unpaired) electrons. The SMILES string of the molecule is CCC(F)(F)C1(O)CC(OCc2ccccc2)C1. The van der Waals surface area contributed by atoms with Crippen LogP contribution in [0.3, 0.4) is 0 Å². The molecule has 18 heavy (non-hydrogen) atoms. The zero-order valence-corrected chi connectivity index (χ0v) is 10.4. The Labute approximate surface area is 106 Å². The predicted molar refractivity (Wildman–Crippen MR) is 64.4 cm³/mol. The molecule has 1 aromatic carbocycles. The van der Waals surface area contributed by atoms with Crippen LogP contribution >= 0.6 is 0 Å². The second kappa shape index (κ2) is 4.94. The predicted octanol–water partition coefficient (Wildman–Crippen LogP) is 3.14. The quantitative estimate of drug-likeness (QED) is 0.877. The molecule has 2 nitrogen and oxygen atoms in total. The van der Waals surface area contributed by atoms with Gasteiger partial charge in [-0.2, -0.15) is 0 Å². The Balaban J connectivity index is 1.80. The highest BCUT2D eigenvalue weighted by Gasteiger charge is 2.59. The minimum absolute atomic E-state index is 0.0146. The van der Waals surface area contributed by atoms with E-state index in [1.165, 1.54) is 6.92 Å². The summed E-state index contributed by atoms with van der Waals surface area (Å²) in [7, 11) is 0. The van der Waals surface area contributed by atoms with E-state index < -0.39 is 11.5 Å². The molecule has 0 spiro atoms. The second-order valence-electron chi connectivity index (χ2n) is 4.92. The molecule has 1 aromatic rings. The maximum Gasteiger partial charge on any atom is 0.276 e. The van der Waals surface area contributed by atoms with E-state index in [0.29, 0.717) is 6.61 Å². The minimum Gasteiger partial charge on any atom is -0.383 e. The molecule has 4 heteroatoms. The van der Waals surface area contributed by atoms with Crippen molar-refractivity contribution < 1.29 is 18.6 Å². The normalized spacial score (nSPS) is 27.9. The maximum absolute atomic E-state index is 13.4. The first-order valence-corrected chi connectivity index (χ1v) is 6.22. The summed E-state index contributed by atoms with van der Waals surface area (Å²) in [6.07, 6.45) is -0.580. The molecule has 0 heterocycles. The van der Waals surface area contributed by atoms with Gasteiger partial charge in [0, 0.05) is 19.3 Å². The van der Waals surface area contributed by atoms with Crippen LogP contribution in [-0.4, -0.2) is 22.7 Å². The van der Waals surface area contributed by atoms with Crippen LogP contribution in [0.15, 0.2) is 30.3 Å². The van der Waals surface area contributed by atoms with Gasteiger partial charge in [0.05, 0.1) is 12.7 Å². The fourth-order valence-electron chi connectivity index (χ4n) is 2.23. The summed E-state index contributed by atoms with van der Waals surface area (Å²) in [5.74, 6) is -3.01. The van der Waals surface area contributed by atoms with Gasteiger partial charge < -0.3 is 9.84 Å². The van der Waals surface area contributed by atoms with Gasteiger partial charge in [0.1, 0.15) is 5.60 Å². The van der Waals surface area contributed by atoms with E-state index in [-0.39, 0.29) is 25.4 Å². The average molecular weight is 256 g/mol. The lowest BCUT2D eigenvalue weighted by Gasteiger charge is -2.47. The summed E-state index contributed by atoms with van der Waals surface area (Å²) >= 11 is 0. The largest absolute Gasteiger partial charge is 0.383 e. The van der Waals surface area contributed by atoms with Crippen molar-refractivity contribution in [3.8, 4) is 0 Å². The average Bonchev–Trinajstić information content (AvgIpc) is 2.34. The number of rotatable bonds is 5. The summed E-state index contributed by atoms with van der Waals surface area (Å²) in [5, 5.41) is 9.78. The first-order valence-electron chi connectivity index (χ1n) is 6.22. The molecule has 1 N–H and O–H groups in total. The third-order valence-electron chi connectivity index (χ3n) is 3.58. The molecule has 0 bridgehead atoms. The van der Waals surface area contributed by atoms with E-state index in [0.717, 1.165) is 5.56 Å². The molecule has 100 valence electrons. The zero-order valence-electron chi connectivity index (χ0n) is 10.4. The van der Waals surface area contributed by atoms with Crippen molar-refractivity contribution in [2.75, 3.05) is 0 Å². The molecule has 2 rings (SSSR count). The Morgan fingerprint density at radius 1 is 1.33 bits per heavy atom. The highest BCUT2D eigenvalue weighted by molar-refractivity contribution is 5.13. The van der Waals surface area contributed by atoms with Gasteiger partial charge in [-0.15, -0.1) is 0 Å². The van der Waals surface area contributed by atoms with Crippen LogP contribution in [0.25, 0.3) is 0 Å². The van der Waals surface area contributed by atoms with Gasteiger partial charge in [0.25, 0.3) is 5.92 Å². The molecule has 1 aliphatic rings. The molecule has 0 saturated heterocycles. The van der Waals surface area contributed by atoms with Crippen molar-refractivity contribution in [3.05, 3.63) is 35.9 Å². The lowest BCUT2D eigenvalue weighted by atomic mass is 9.72. The highest BCUT2D eigenvalue weighted by Crippen LogP contribution is 2.47.